The summed E-state index contributed by atoms with van der Waals surface area (Å²) in [6.07, 6.45) is 0.569. The number of hydrogen-bond donors (Lipinski definition) is 1. The first-order valence-electron chi connectivity index (χ1n) is 9.34. The third-order valence-corrected chi connectivity index (χ3v) is 5.82. The van der Waals surface area contributed by atoms with E-state index < -0.39 is 21.4 Å². The van der Waals surface area contributed by atoms with Gasteiger partial charge in [0, 0.05) is 19.0 Å². The van der Waals surface area contributed by atoms with Gasteiger partial charge in [-0.3, -0.25) is 9.52 Å². The molecule has 1 aliphatic heterocycles. The van der Waals surface area contributed by atoms with E-state index in [1.807, 2.05) is 6.92 Å². The van der Waals surface area contributed by atoms with E-state index in [2.05, 4.69) is 5.16 Å². The minimum Gasteiger partial charge on any atom is -0.357 e. The number of nitrogens with zero attached hydrogens (tertiary/aromatic N) is 2. The molecule has 1 N–H and O–H groups in total. The Balaban J connectivity index is 1.79. The topological polar surface area (TPSA) is 88.1 Å². The number of anilines is 1. The van der Waals surface area contributed by atoms with Crippen LogP contribution >= 0.6 is 0 Å². The third kappa shape index (κ3) is 5.35. The minimum atomic E-state index is -5.58. The highest BCUT2D eigenvalue weighted by Gasteiger charge is 2.46. The molecule has 0 aromatic heterocycles. The molecule has 1 amide bonds. The number of amides is 1. The molecule has 1 atom stereocenters. The number of para-hydroxylation sites is 2. The first-order valence-corrected chi connectivity index (χ1v) is 10.8. The fourth-order valence-corrected chi connectivity index (χ4v) is 3.59. The molecule has 7 nitrogen and oxygen atoms in total. The quantitative estimate of drug-likeness (QED) is 0.672. The van der Waals surface area contributed by atoms with Crippen LogP contribution in [0.25, 0.3) is 0 Å². The van der Waals surface area contributed by atoms with E-state index in [0.29, 0.717) is 18.7 Å². The molecule has 166 valence electrons. The summed E-state index contributed by atoms with van der Waals surface area (Å²) in [5, 5.41) is 3.99. The van der Waals surface area contributed by atoms with Gasteiger partial charge in [0.25, 0.3) is 5.91 Å². The molecule has 0 saturated carbocycles. The number of sulfonamides is 1. The molecule has 3 rings (SSSR count). The molecule has 0 aliphatic carbocycles. The minimum absolute atomic E-state index is 0.0908. The maximum Gasteiger partial charge on any atom is 0.516 e. The number of halogens is 3. The van der Waals surface area contributed by atoms with Gasteiger partial charge in [-0.15, -0.1) is 0 Å². The summed E-state index contributed by atoms with van der Waals surface area (Å²) in [6, 6.07) is 14.3. The fraction of sp³-hybridized carbons (Fsp3) is 0.300. The Hall–Kier alpha value is -3.08. The van der Waals surface area contributed by atoms with Crippen LogP contribution in [0.4, 0.5) is 18.9 Å². The van der Waals surface area contributed by atoms with Crippen molar-refractivity contribution in [3.63, 3.8) is 0 Å². The highest BCUT2D eigenvalue weighted by molar-refractivity contribution is 7.93. The van der Waals surface area contributed by atoms with Crippen LogP contribution in [0, 0.1) is 5.92 Å². The SMILES string of the molecule is CC1CCN(Cc2ccccc2NS(=O)(=O)C(F)(F)F)C(=O)/C1=N/Oc1ccccc1. The summed E-state index contributed by atoms with van der Waals surface area (Å²) >= 11 is 0. The van der Waals surface area contributed by atoms with Crippen LogP contribution in [0.3, 0.4) is 0 Å². The summed E-state index contributed by atoms with van der Waals surface area (Å²) in [7, 11) is -5.58. The first kappa shape index (κ1) is 22.6. The van der Waals surface area contributed by atoms with Crippen LogP contribution in [0.15, 0.2) is 59.8 Å². The second-order valence-electron chi connectivity index (χ2n) is 7.01. The van der Waals surface area contributed by atoms with Gasteiger partial charge in [0.05, 0.1) is 5.69 Å². The van der Waals surface area contributed by atoms with Gasteiger partial charge in [-0.1, -0.05) is 48.5 Å². The lowest BCUT2D eigenvalue weighted by atomic mass is 9.95. The number of benzene rings is 2. The van der Waals surface area contributed by atoms with Gasteiger partial charge < -0.3 is 9.74 Å². The summed E-state index contributed by atoms with van der Waals surface area (Å²) in [4.78, 5) is 19.6. The molecule has 31 heavy (non-hydrogen) atoms. The third-order valence-electron chi connectivity index (χ3n) is 4.73. The first-order chi connectivity index (χ1) is 14.6. The smallest absolute Gasteiger partial charge is 0.357 e. The highest BCUT2D eigenvalue weighted by atomic mass is 32.2. The molecular weight excluding hydrogens is 435 g/mol. The second kappa shape index (κ2) is 8.96. The van der Waals surface area contributed by atoms with Crippen LogP contribution < -0.4 is 9.56 Å². The summed E-state index contributed by atoms with van der Waals surface area (Å²) in [5.41, 5.74) is -5.29. The van der Waals surface area contributed by atoms with Crippen LogP contribution in [0.1, 0.15) is 18.9 Å². The molecule has 0 spiro atoms. The Bertz CT molecular complexity index is 1070. The zero-order chi connectivity index (χ0) is 22.6. The molecule has 2 aromatic rings. The van der Waals surface area contributed by atoms with Crippen LogP contribution in [-0.4, -0.2) is 37.0 Å². The van der Waals surface area contributed by atoms with E-state index in [-0.39, 0.29) is 29.4 Å². The number of hydrogen-bond acceptors (Lipinski definition) is 5. The predicted molar refractivity (Wildman–Crippen MR) is 109 cm³/mol. The van der Waals surface area contributed by atoms with E-state index in [9.17, 15) is 26.4 Å². The fourth-order valence-electron chi connectivity index (χ4n) is 2.99. The maximum absolute atomic E-state index is 12.9. The Morgan fingerprint density at radius 2 is 1.77 bits per heavy atom. The summed E-state index contributed by atoms with van der Waals surface area (Å²) in [6.45, 7) is 2.07. The number of piperidine rings is 1. The van der Waals surface area contributed by atoms with E-state index in [1.54, 1.807) is 41.1 Å². The average molecular weight is 455 g/mol. The van der Waals surface area contributed by atoms with Crippen molar-refractivity contribution in [3.8, 4) is 5.75 Å². The standard InChI is InChI=1S/C20H20F3N3O4S/c1-14-11-12-26(19(27)18(14)24-30-16-8-3-2-4-9-16)13-15-7-5-6-10-17(15)25-31(28,29)20(21,22)23/h2-10,14,25H,11-13H2,1H3/b24-18+. The van der Waals surface area contributed by atoms with Crippen molar-refractivity contribution in [2.24, 2.45) is 11.1 Å². The van der Waals surface area contributed by atoms with Crippen molar-refractivity contribution in [3.05, 3.63) is 60.2 Å². The Kier molecular flexibility index (Phi) is 6.54. The lowest BCUT2D eigenvalue weighted by Crippen LogP contribution is -2.45. The zero-order valence-electron chi connectivity index (χ0n) is 16.5. The number of likely N-dealkylation sites (tertiary alicyclic amines) is 1. The van der Waals surface area contributed by atoms with Gasteiger partial charge in [-0.05, 0) is 30.2 Å². The number of nitrogens with one attached hydrogen (secondary N) is 1. The maximum atomic E-state index is 12.9. The molecule has 0 radical (unpaired) electrons. The van der Waals surface area contributed by atoms with Gasteiger partial charge >= 0.3 is 15.5 Å². The molecule has 1 aliphatic rings. The van der Waals surface area contributed by atoms with Gasteiger partial charge in [-0.2, -0.15) is 21.6 Å². The number of alkyl halides is 3. The van der Waals surface area contributed by atoms with Gasteiger partial charge in [-0.25, -0.2) is 0 Å². The van der Waals surface area contributed by atoms with Crippen LogP contribution in [0.5, 0.6) is 5.75 Å². The van der Waals surface area contributed by atoms with Crippen molar-refractivity contribution in [2.75, 3.05) is 11.3 Å². The molecular formula is C20H20F3N3O4S. The lowest BCUT2D eigenvalue weighted by Gasteiger charge is -2.31. The molecule has 2 aromatic carbocycles. The Labute approximate surface area is 177 Å². The van der Waals surface area contributed by atoms with E-state index in [4.69, 9.17) is 4.84 Å². The van der Waals surface area contributed by atoms with Gasteiger partial charge in [0.1, 0.15) is 5.71 Å². The van der Waals surface area contributed by atoms with Crippen molar-refractivity contribution < 1.29 is 31.2 Å². The van der Waals surface area contributed by atoms with E-state index in [1.165, 1.54) is 23.1 Å². The van der Waals surface area contributed by atoms with Crippen molar-refractivity contribution in [1.29, 1.82) is 0 Å². The normalized spacial score (nSPS) is 18.8. The van der Waals surface area contributed by atoms with Crippen LogP contribution in [0.2, 0.25) is 0 Å². The molecule has 11 heteroatoms. The molecule has 1 fully saturated rings. The molecule has 0 bridgehead atoms. The second-order valence-corrected chi connectivity index (χ2v) is 8.68. The van der Waals surface area contributed by atoms with Crippen molar-refractivity contribution in [1.82, 2.24) is 4.90 Å². The monoisotopic (exact) mass is 455 g/mol. The predicted octanol–water partition coefficient (Wildman–Crippen LogP) is 3.75. The van der Waals surface area contributed by atoms with E-state index >= 15 is 0 Å². The lowest BCUT2D eigenvalue weighted by molar-refractivity contribution is -0.126. The molecule has 1 saturated heterocycles. The largest absolute Gasteiger partial charge is 0.516 e. The Morgan fingerprint density at radius 3 is 2.45 bits per heavy atom. The Morgan fingerprint density at radius 1 is 1.13 bits per heavy atom. The van der Waals surface area contributed by atoms with Crippen LogP contribution in [-0.2, 0) is 21.4 Å². The number of carbonyl (C=O) groups is 1. The summed E-state index contributed by atoms with van der Waals surface area (Å²) < 4.78 is 62.8. The zero-order valence-corrected chi connectivity index (χ0v) is 17.3. The number of oxime groups is 1. The summed E-state index contributed by atoms with van der Waals surface area (Å²) in [5.74, 6) is -0.145. The van der Waals surface area contributed by atoms with E-state index in [0.717, 1.165) is 0 Å². The molecule has 1 unspecified atom stereocenters. The average Bonchev–Trinajstić information content (AvgIpc) is 2.71. The number of rotatable bonds is 6. The van der Waals surface area contributed by atoms with Crippen molar-refractivity contribution >= 4 is 27.3 Å². The van der Waals surface area contributed by atoms with Gasteiger partial charge in [0.15, 0.2) is 5.75 Å². The van der Waals surface area contributed by atoms with Gasteiger partial charge in [0.2, 0.25) is 0 Å². The van der Waals surface area contributed by atoms with Crippen molar-refractivity contribution in [2.45, 2.75) is 25.4 Å². The highest BCUT2D eigenvalue weighted by Crippen LogP contribution is 2.28. The number of carbonyl (C=O) groups excluding carboxylic acids is 1. The molecule has 1 heterocycles.